The van der Waals surface area contributed by atoms with Gasteiger partial charge >= 0.3 is 0 Å². The summed E-state index contributed by atoms with van der Waals surface area (Å²) in [5, 5.41) is 10.0. The van der Waals surface area contributed by atoms with Gasteiger partial charge in [0.05, 0.1) is 6.10 Å². The second-order valence-electron chi connectivity index (χ2n) is 4.42. The molecule has 0 aromatic carbocycles. The topological polar surface area (TPSA) is 20.2 Å². The van der Waals surface area contributed by atoms with E-state index in [9.17, 15) is 5.11 Å². The Hall–Kier alpha value is -0.300. The monoisotopic (exact) mass is 168 g/mol. The molecule has 0 saturated heterocycles. The van der Waals surface area contributed by atoms with Gasteiger partial charge in [-0.3, -0.25) is 0 Å². The minimum atomic E-state index is -0.218. The molecule has 1 aliphatic carbocycles. The average molecular weight is 168 g/mol. The van der Waals surface area contributed by atoms with Gasteiger partial charge < -0.3 is 5.11 Å². The minimum Gasteiger partial charge on any atom is -0.388 e. The molecular weight excluding hydrogens is 148 g/mol. The van der Waals surface area contributed by atoms with Gasteiger partial charge in [0.15, 0.2) is 0 Å². The Kier molecular flexibility index (Phi) is 2.94. The molecule has 0 aromatic heterocycles. The van der Waals surface area contributed by atoms with Crippen LogP contribution in [0, 0.1) is 5.41 Å². The molecule has 0 saturated carbocycles. The third-order valence-corrected chi connectivity index (χ3v) is 3.08. The van der Waals surface area contributed by atoms with Crippen LogP contribution in [0.5, 0.6) is 0 Å². The lowest BCUT2D eigenvalue weighted by Gasteiger charge is -2.30. The highest BCUT2D eigenvalue weighted by Crippen LogP contribution is 2.33. The quantitative estimate of drug-likeness (QED) is 0.642. The van der Waals surface area contributed by atoms with Gasteiger partial charge in [0, 0.05) is 0 Å². The van der Waals surface area contributed by atoms with Gasteiger partial charge in [0.1, 0.15) is 0 Å². The molecule has 1 unspecified atom stereocenters. The second kappa shape index (κ2) is 3.61. The average Bonchev–Trinajstić information content (AvgIpc) is 2.55. The van der Waals surface area contributed by atoms with E-state index in [2.05, 4.69) is 26.8 Å². The van der Waals surface area contributed by atoms with Crippen LogP contribution in [0.25, 0.3) is 0 Å². The zero-order chi connectivity index (χ0) is 9.19. The van der Waals surface area contributed by atoms with Crippen LogP contribution in [0.2, 0.25) is 0 Å². The van der Waals surface area contributed by atoms with Crippen molar-refractivity contribution in [1.82, 2.24) is 0 Å². The predicted octanol–water partition coefficient (Wildman–Crippen LogP) is 2.89. The van der Waals surface area contributed by atoms with Gasteiger partial charge in [-0.05, 0) is 36.7 Å². The van der Waals surface area contributed by atoms with Crippen LogP contribution in [0.1, 0.15) is 46.5 Å². The Labute approximate surface area is 75.5 Å². The molecule has 1 rings (SSSR count). The van der Waals surface area contributed by atoms with Crippen LogP contribution in [0.4, 0.5) is 0 Å². The Morgan fingerprint density at radius 1 is 1.58 bits per heavy atom. The Morgan fingerprint density at radius 2 is 2.25 bits per heavy atom. The summed E-state index contributed by atoms with van der Waals surface area (Å²) < 4.78 is 0. The lowest BCUT2D eigenvalue weighted by atomic mass is 9.80. The first kappa shape index (κ1) is 9.79. The maximum Gasteiger partial charge on any atom is 0.0800 e. The summed E-state index contributed by atoms with van der Waals surface area (Å²) in [6.07, 6.45) is 6.52. The lowest BCUT2D eigenvalue weighted by Crippen LogP contribution is -2.29. The van der Waals surface area contributed by atoms with E-state index in [1.165, 1.54) is 12.0 Å². The molecule has 0 spiro atoms. The van der Waals surface area contributed by atoms with Crippen molar-refractivity contribution >= 4 is 0 Å². The smallest absolute Gasteiger partial charge is 0.0800 e. The lowest BCUT2D eigenvalue weighted by molar-refractivity contribution is 0.0758. The van der Waals surface area contributed by atoms with Crippen LogP contribution < -0.4 is 0 Å². The molecule has 0 aromatic rings. The highest BCUT2D eigenvalue weighted by molar-refractivity contribution is 5.15. The van der Waals surface area contributed by atoms with E-state index in [1.807, 2.05) is 0 Å². The van der Waals surface area contributed by atoms with Gasteiger partial charge in [-0.15, -0.1) is 0 Å². The van der Waals surface area contributed by atoms with Gasteiger partial charge in [0.25, 0.3) is 0 Å². The molecule has 70 valence electrons. The van der Waals surface area contributed by atoms with Crippen LogP contribution in [-0.2, 0) is 0 Å². The molecule has 0 heterocycles. The fourth-order valence-corrected chi connectivity index (χ4v) is 1.64. The van der Waals surface area contributed by atoms with E-state index in [0.717, 1.165) is 19.3 Å². The maximum absolute atomic E-state index is 10.0. The third-order valence-electron chi connectivity index (χ3n) is 3.08. The van der Waals surface area contributed by atoms with Crippen LogP contribution >= 0.6 is 0 Å². The first-order valence-electron chi connectivity index (χ1n) is 4.95. The number of allylic oxidation sites excluding steroid dienone is 1. The summed E-state index contributed by atoms with van der Waals surface area (Å²) >= 11 is 0. The summed E-state index contributed by atoms with van der Waals surface area (Å²) in [6, 6.07) is 0. The number of hydrogen-bond acceptors (Lipinski definition) is 1. The van der Waals surface area contributed by atoms with Crippen molar-refractivity contribution < 1.29 is 5.11 Å². The summed E-state index contributed by atoms with van der Waals surface area (Å²) in [7, 11) is 0. The number of aliphatic hydroxyl groups excluding tert-OH is 1. The summed E-state index contributed by atoms with van der Waals surface area (Å²) in [5.41, 5.74) is 1.32. The SMILES string of the molecule is CCC(C)(C)C(O)C1=CCCC1. The molecule has 0 amide bonds. The second-order valence-corrected chi connectivity index (χ2v) is 4.42. The Balaban J connectivity index is 2.62. The maximum atomic E-state index is 10.0. The molecular formula is C11H20O. The first-order valence-corrected chi connectivity index (χ1v) is 4.95. The number of hydrogen-bond donors (Lipinski definition) is 1. The fourth-order valence-electron chi connectivity index (χ4n) is 1.64. The third kappa shape index (κ3) is 1.89. The van der Waals surface area contributed by atoms with Crippen molar-refractivity contribution in [1.29, 1.82) is 0 Å². The highest BCUT2D eigenvalue weighted by Gasteiger charge is 2.29. The molecule has 0 fully saturated rings. The standard InChI is InChI=1S/C11H20O/c1-4-11(2,3)10(12)9-7-5-6-8-9/h7,10,12H,4-6,8H2,1-3H3. The Bertz CT molecular complexity index is 179. The fraction of sp³-hybridized carbons (Fsp3) is 0.818. The van der Waals surface area contributed by atoms with Crippen molar-refractivity contribution in [3.8, 4) is 0 Å². The molecule has 1 atom stereocenters. The highest BCUT2D eigenvalue weighted by atomic mass is 16.3. The van der Waals surface area contributed by atoms with E-state index < -0.39 is 0 Å². The predicted molar refractivity (Wildman–Crippen MR) is 52.0 cm³/mol. The molecule has 1 nitrogen and oxygen atoms in total. The summed E-state index contributed by atoms with van der Waals surface area (Å²) in [4.78, 5) is 0. The molecule has 1 heteroatoms. The van der Waals surface area contributed by atoms with Gasteiger partial charge in [-0.1, -0.05) is 26.8 Å². The minimum absolute atomic E-state index is 0.0518. The van der Waals surface area contributed by atoms with Crippen molar-refractivity contribution in [2.45, 2.75) is 52.6 Å². The molecule has 0 radical (unpaired) electrons. The molecule has 12 heavy (non-hydrogen) atoms. The van der Waals surface area contributed by atoms with Crippen LogP contribution in [0.3, 0.4) is 0 Å². The molecule has 0 aliphatic heterocycles. The van der Waals surface area contributed by atoms with Gasteiger partial charge in [0.2, 0.25) is 0 Å². The van der Waals surface area contributed by atoms with Gasteiger partial charge in [-0.25, -0.2) is 0 Å². The molecule has 1 N–H and O–H groups in total. The van der Waals surface area contributed by atoms with E-state index in [-0.39, 0.29) is 11.5 Å². The summed E-state index contributed by atoms with van der Waals surface area (Å²) in [6.45, 7) is 6.41. The normalized spacial score (nSPS) is 20.8. The van der Waals surface area contributed by atoms with Crippen molar-refractivity contribution in [2.24, 2.45) is 5.41 Å². The van der Waals surface area contributed by atoms with E-state index in [4.69, 9.17) is 0 Å². The Morgan fingerprint density at radius 3 is 2.67 bits per heavy atom. The summed E-state index contributed by atoms with van der Waals surface area (Å²) in [5.74, 6) is 0. The van der Waals surface area contributed by atoms with Crippen molar-refractivity contribution in [3.63, 3.8) is 0 Å². The largest absolute Gasteiger partial charge is 0.388 e. The zero-order valence-electron chi connectivity index (χ0n) is 8.43. The van der Waals surface area contributed by atoms with E-state index >= 15 is 0 Å². The molecule has 1 aliphatic rings. The van der Waals surface area contributed by atoms with Crippen LogP contribution in [0.15, 0.2) is 11.6 Å². The van der Waals surface area contributed by atoms with Crippen molar-refractivity contribution in [3.05, 3.63) is 11.6 Å². The number of rotatable bonds is 3. The molecule has 0 bridgehead atoms. The van der Waals surface area contributed by atoms with Crippen LogP contribution in [-0.4, -0.2) is 11.2 Å². The first-order chi connectivity index (χ1) is 5.58. The zero-order valence-corrected chi connectivity index (χ0v) is 8.43. The van der Waals surface area contributed by atoms with Gasteiger partial charge in [-0.2, -0.15) is 0 Å². The number of aliphatic hydroxyl groups is 1. The van der Waals surface area contributed by atoms with E-state index in [0.29, 0.717) is 0 Å². The van der Waals surface area contributed by atoms with E-state index in [1.54, 1.807) is 0 Å². The van der Waals surface area contributed by atoms with Crippen molar-refractivity contribution in [2.75, 3.05) is 0 Å².